The Morgan fingerprint density at radius 3 is 2.47 bits per heavy atom. The maximum atomic E-state index is 13.9. The van der Waals surface area contributed by atoms with E-state index in [2.05, 4.69) is 0 Å². The van der Waals surface area contributed by atoms with Gasteiger partial charge in [0, 0.05) is 11.5 Å². The van der Waals surface area contributed by atoms with Gasteiger partial charge in [-0.3, -0.25) is 14.4 Å². The number of carbonyl (C=O) groups is 4. The highest BCUT2D eigenvalue weighted by molar-refractivity contribution is 6.03. The zero-order chi connectivity index (χ0) is 25.8. The molecule has 1 saturated heterocycles. The third-order valence-corrected chi connectivity index (χ3v) is 8.25. The molecule has 0 bridgehead atoms. The quantitative estimate of drug-likeness (QED) is 0.616. The number of ether oxygens (including phenoxy) is 2. The summed E-state index contributed by atoms with van der Waals surface area (Å²) >= 11 is 0. The number of halogens is 1. The molecule has 2 aliphatic carbocycles. The summed E-state index contributed by atoms with van der Waals surface area (Å²) in [6.45, 7) is 3.56. The third kappa shape index (κ3) is 3.65. The molecule has 36 heavy (non-hydrogen) atoms. The topological polar surface area (TPSA) is 120 Å². The van der Waals surface area contributed by atoms with E-state index in [1.807, 2.05) is 6.92 Å². The van der Waals surface area contributed by atoms with Crippen LogP contribution in [0.3, 0.4) is 0 Å². The average Bonchev–Trinajstić information content (AvgIpc) is 3.35. The van der Waals surface area contributed by atoms with E-state index in [0.29, 0.717) is 18.4 Å². The number of esters is 2. The molecule has 1 N–H and O–H groups in total. The fourth-order valence-corrected chi connectivity index (χ4v) is 6.52. The van der Waals surface area contributed by atoms with Gasteiger partial charge in [-0.1, -0.05) is 13.8 Å². The first-order valence-electron chi connectivity index (χ1n) is 11.7. The molecule has 9 heteroatoms. The van der Waals surface area contributed by atoms with E-state index in [0.717, 1.165) is 12.1 Å². The molecule has 0 spiro atoms. The Kier molecular flexibility index (Phi) is 5.61. The molecule has 1 aliphatic heterocycles. The van der Waals surface area contributed by atoms with Crippen LogP contribution in [0.25, 0.3) is 0 Å². The van der Waals surface area contributed by atoms with Crippen LogP contribution in [0.5, 0.6) is 0 Å². The van der Waals surface area contributed by atoms with Gasteiger partial charge in [-0.15, -0.1) is 0 Å². The Labute approximate surface area is 206 Å². The molecule has 1 saturated carbocycles. The van der Waals surface area contributed by atoms with Gasteiger partial charge in [0.2, 0.25) is 5.78 Å². The van der Waals surface area contributed by atoms with Crippen molar-refractivity contribution in [2.24, 2.45) is 28.6 Å². The van der Waals surface area contributed by atoms with Gasteiger partial charge in [0.05, 0.1) is 29.9 Å². The molecule has 0 radical (unpaired) electrons. The summed E-state index contributed by atoms with van der Waals surface area (Å²) in [5.41, 5.74) is -1.32. The lowest BCUT2D eigenvalue weighted by Gasteiger charge is -2.59. The fourth-order valence-electron chi connectivity index (χ4n) is 6.52. The van der Waals surface area contributed by atoms with Crippen molar-refractivity contribution < 1.29 is 42.6 Å². The lowest BCUT2D eigenvalue weighted by molar-refractivity contribution is -0.197. The first-order chi connectivity index (χ1) is 17.0. The number of cyclic esters (lactones) is 1. The van der Waals surface area contributed by atoms with E-state index in [1.165, 1.54) is 30.7 Å². The van der Waals surface area contributed by atoms with E-state index >= 15 is 0 Å². The number of rotatable bonds is 4. The van der Waals surface area contributed by atoms with Crippen LogP contribution in [0.15, 0.2) is 59.1 Å². The molecule has 8 nitrogen and oxygen atoms in total. The number of fused-ring (bicyclic) bond motifs is 3. The van der Waals surface area contributed by atoms with E-state index in [1.54, 1.807) is 13.0 Å². The van der Waals surface area contributed by atoms with Crippen molar-refractivity contribution in [2.75, 3.05) is 0 Å². The second kappa shape index (κ2) is 8.43. The van der Waals surface area contributed by atoms with Crippen LogP contribution in [0, 0.1) is 34.4 Å². The first-order valence-corrected chi connectivity index (χ1v) is 11.7. The highest BCUT2D eigenvalue weighted by atomic mass is 19.1. The van der Waals surface area contributed by atoms with Gasteiger partial charge in [0.1, 0.15) is 11.9 Å². The molecule has 3 aliphatic rings. The molecule has 2 fully saturated rings. The molecule has 6 unspecified atom stereocenters. The minimum absolute atomic E-state index is 0.0132. The first kappa shape index (κ1) is 24.0. The number of benzene rings is 1. The van der Waals surface area contributed by atoms with Gasteiger partial charge in [0.15, 0.2) is 5.76 Å². The number of carboxylic acids is 1. The summed E-state index contributed by atoms with van der Waals surface area (Å²) in [4.78, 5) is 52.2. The molecule has 2 aromatic rings. The van der Waals surface area contributed by atoms with Gasteiger partial charge in [0.25, 0.3) is 0 Å². The Hall–Kier alpha value is -3.75. The average molecular weight is 496 g/mol. The van der Waals surface area contributed by atoms with E-state index in [9.17, 15) is 28.7 Å². The Bertz CT molecular complexity index is 1260. The molecular weight excluding hydrogens is 471 g/mol. The smallest absolute Gasteiger partial charge is 0.343 e. The number of carboxylic acid groups (broad SMARTS) is 1. The van der Waals surface area contributed by atoms with Crippen molar-refractivity contribution in [3.05, 3.63) is 71.6 Å². The molecular formula is C27H25FO8. The summed E-state index contributed by atoms with van der Waals surface area (Å²) < 4.78 is 29.5. The predicted molar refractivity (Wildman–Crippen MR) is 121 cm³/mol. The Balaban J connectivity index is 1.55. The van der Waals surface area contributed by atoms with Crippen LogP contribution < -0.4 is 0 Å². The van der Waals surface area contributed by atoms with Gasteiger partial charge < -0.3 is 19.0 Å². The third-order valence-electron chi connectivity index (χ3n) is 8.25. The molecule has 188 valence electrons. The van der Waals surface area contributed by atoms with Gasteiger partial charge in [-0.25, -0.2) is 9.18 Å². The number of hydrogen-bond acceptors (Lipinski definition) is 7. The number of ketones is 1. The number of allylic oxidation sites excluding steroid dienone is 1. The summed E-state index contributed by atoms with van der Waals surface area (Å²) in [6.07, 6.45) is 4.43. The highest BCUT2D eigenvalue weighted by Gasteiger charge is 2.66. The maximum Gasteiger partial charge on any atom is 0.343 e. The normalized spacial score (nSPS) is 33.6. The summed E-state index contributed by atoms with van der Waals surface area (Å²) in [5, 5.41) is 10.1. The summed E-state index contributed by atoms with van der Waals surface area (Å²) in [5.74, 6) is -6.62. The standard InChI is InChI=1S/C27H25FO8/c1-26-9-7-17-25(33)36-20(15-8-10-34-13-15)12-27(17,2)22(26)21(29)19(11-18(26)23(30)31)35-24(32)14-3-5-16(28)6-4-14/h3-6,8,10-11,13,17-18,20,22H,7,9,12H2,1-2H3,(H,30,31). The van der Waals surface area contributed by atoms with Crippen molar-refractivity contribution >= 4 is 23.7 Å². The van der Waals surface area contributed by atoms with Crippen LogP contribution in [-0.4, -0.2) is 28.8 Å². The van der Waals surface area contributed by atoms with Crippen LogP contribution in [0.2, 0.25) is 0 Å². The molecule has 1 aromatic carbocycles. The second-order valence-electron chi connectivity index (χ2n) is 10.3. The van der Waals surface area contributed by atoms with Crippen LogP contribution >= 0.6 is 0 Å². The monoisotopic (exact) mass is 496 g/mol. The minimum atomic E-state index is -1.16. The lowest BCUT2D eigenvalue weighted by Crippen LogP contribution is -2.61. The van der Waals surface area contributed by atoms with E-state index in [-0.39, 0.29) is 17.7 Å². The van der Waals surface area contributed by atoms with Gasteiger partial charge in [-0.05, 0) is 66.5 Å². The SMILES string of the molecule is CC12CCC3C(=O)OC(c4ccoc4)CC3(C)C1C(=O)C(OC(=O)c1ccc(F)cc1)=CC2C(=O)O. The van der Waals surface area contributed by atoms with Crippen molar-refractivity contribution in [3.63, 3.8) is 0 Å². The van der Waals surface area contributed by atoms with Gasteiger partial charge in [-0.2, -0.15) is 0 Å². The van der Waals surface area contributed by atoms with E-state index < -0.39 is 64.2 Å². The number of hydrogen-bond donors (Lipinski definition) is 1. The largest absolute Gasteiger partial charge is 0.481 e. The molecule has 1 aromatic heterocycles. The van der Waals surface area contributed by atoms with Crippen LogP contribution in [0.4, 0.5) is 4.39 Å². The van der Waals surface area contributed by atoms with E-state index in [4.69, 9.17) is 13.9 Å². The zero-order valence-electron chi connectivity index (χ0n) is 19.7. The van der Waals surface area contributed by atoms with Crippen molar-refractivity contribution in [1.82, 2.24) is 0 Å². The summed E-state index contributed by atoms with van der Waals surface area (Å²) in [7, 11) is 0. The fraction of sp³-hybridized carbons (Fsp3) is 0.407. The van der Waals surface area contributed by atoms with Crippen molar-refractivity contribution in [3.8, 4) is 0 Å². The zero-order valence-corrected chi connectivity index (χ0v) is 19.7. The Morgan fingerprint density at radius 1 is 1.11 bits per heavy atom. The van der Waals surface area contributed by atoms with Crippen LogP contribution in [-0.2, 0) is 23.9 Å². The number of carbonyl (C=O) groups excluding carboxylic acids is 3. The Morgan fingerprint density at radius 2 is 1.83 bits per heavy atom. The molecule has 6 atom stereocenters. The molecule has 5 rings (SSSR count). The molecule has 2 heterocycles. The predicted octanol–water partition coefficient (Wildman–Crippen LogP) is 4.47. The number of aliphatic carboxylic acids is 1. The summed E-state index contributed by atoms with van der Waals surface area (Å²) in [6, 6.07) is 6.29. The molecule has 0 amide bonds. The van der Waals surface area contributed by atoms with Gasteiger partial charge >= 0.3 is 17.9 Å². The highest BCUT2D eigenvalue weighted by Crippen LogP contribution is 2.64. The lowest BCUT2D eigenvalue weighted by atomic mass is 9.44. The number of furan rings is 1. The second-order valence-corrected chi connectivity index (χ2v) is 10.3. The number of Topliss-reactive ketones (excluding diaryl/α,β-unsaturated/α-hetero) is 1. The van der Waals surface area contributed by atoms with Crippen molar-refractivity contribution in [2.45, 2.75) is 39.2 Å². The minimum Gasteiger partial charge on any atom is -0.481 e. The van der Waals surface area contributed by atoms with Crippen LogP contribution in [0.1, 0.15) is 55.1 Å². The van der Waals surface area contributed by atoms with Crippen molar-refractivity contribution in [1.29, 1.82) is 0 Å². The maximum absolute atomic E-state index is 13.9.